The Kier molecular flexibility index (Phi) is 6.27. The molecule has 2 aromatic carbocycles. The second-order valence-corrected chi connectivity index (χ2v) is 7.15. The number of hydrogen-bond donors (Lipinski definition) is 0. The first kappa shape index (κ1) is 18.4. The predicted molar refractivity (Wildman–Crippen MR) is 108 cm³/mol. The third kappa shape index (κ3) is 4.63. The van der Waals surface area contributed by atoms with E-state index in [1.54, 1.807) is 0 Å². The van der Waals surface area contributed by atoms with Crippen LogP contribution in [0.15, 0.2) is 48.5 Å². The first-order chi connectivity index (χ1) is 12.7. The highest BCUT2D eigenvalue weighted by Crippen LogP contribution is 2.30. The zero-order valence-corrected chi connectivity index (χ0v) is 15.8. The zero-order valence-electron chi connectivity index (χ0n) is 15.8. The fourth-order valence-corrected chi connectivity index (χ4v) is 3.34. The SMILES string of the molecule is CCC(C)C(=O)OCCCc1ccc2c(c1)CCC(c1ccccc1)=C2. The molecule has 0 aliphatic heterocycles. The van der Waals surface area contributed by atoms with Crippen LogP contribution in [0.1, 0.15) is 55.4 Å². The number of carbonyl (C=O) groups is 1. The quantitative estimate of drug-likeness (QED) is 0.474. The Morgan fingerprint density at radius 1 is 1.12 bits per heavy atom. The molecule has 0 spiro atoms. The highest BCUT2D eigenvalue weighted by molar-refractivity contribution is 5.84. The van der Waals surface area contributed by atoms with Crippen LogP contribution >= 0.6 is 0 Å². The number of aryl methyl sites for hydroxylation is 2. The van der Waals surface area contributed by atoms with Gasteiger partial charge in [-0.1, -0.05) is 68.5 Å². The van der Waals surface area contributed by atoms with Gasteiger partial charge in [0, 0.05) is 0 Å². The van der Waals surface area contributed by atoms with Gasteiger partial charge in [0.2, 0.25) is 0 Å². The lowest BCUT2D eigenvalue weighted by molar-refractivity contribution is -0.148. The Bertz CT molecular complexity index is 774. The van der Waals surface area contributed by atoms with Gasteiger partial charge in [-0.25, -0.2) is 0 Å². The summed E-state index contributed by atoms with van der Waals surface area (Å²) in [6.45, 7) is 4.44. The van der Waals surface area contributed by atoms with Crippen LogP contribution < -0.4 is 0 Å². The van der Waals surface area contributed by atoms with E-state index >= 15 is 0 Å². The molecule has 0 radical (unpaired) electrons. The molecule has 1 unspecified atom stereocenters. The van der Waals surface area contributed by atoms with Crippen molar-refractivity contribution in [3.8, 4) is 0 Å². The molecule has 0 saturated carbocycles. The normalized spacial score (nSPS) is 14.3. The average molecular weight is 348 g/mol. The molecule has 0 amide bonds. The molecule has 1 aliphatic rings. The van der Waals surface area contributed by atoms with E-state index in [0.717, 1.165) is 32.1 Å². The summed E-state index contributed by atoms with van der Waals surface area (Å²) in [7, 11) is 0. The van der Waals surface area contributed by atoms with Crippen LogP contribution in [-0.4, -0.2) is 12.6 Å². The molecule has 2 heteroatoms. The van der Waals surface area contributed by atoms with Gasteiger partial charge in [0.15, 0.2) is 0 Å². The number of fused-ring (bicyclic) bond motifs is 1. The molecular weight excluding hydrogens is 320 g/mol. The van der Waals surface area contributed by atoms with Crippen LogP contribution in [0.5, 0.6) is 0 Å². The summed E-state index contributed by atoms with van der Waals surface area (Å²) in [5.74, 6) is -0.0686. The molecule has 0 saturated heterocycles. The van der Waals surface area contributed by atoms with Crippen molar-refractivity contribution < 1.29 is 9.53 Å². The summed E-state index contributed by atoms with van der Waals surface area (Å²) in [6, 6.07) is 17.4. The van der Waals surface area contributed by atoms with Crippen molar-refractivity contribution in [1.29, 1.82) is 0 Å². The number of benzene rings is 2. The van der Waals surface area contributed by atoms with Crippen LogP contribution in [0.2, 0.25) is 0 Å². The van der Waals surface area contributed by atoms with Gasteiger partial charge in [0.05, 0.1) is 12.5 Å². The van der Waals surface area contributed by atoms with E-state index in [1.807, 2.05) is 13.8 Å². The smallest absolute Gasteiger partial charge is 0.308 e. The van der Waals surface area contributed by atoms with Gasteiger partial charge in [-0.2, -0.15) is 0 Å². The third-order valence-corrected chi connectivity index (χ3v) is 5.21. The van der Waals surface area contributed by atoms with Gasteiger partial charge in [0.1, 0.15) is 0 Å². The van der Waals surface area contributed by atoms with Gasteiger partial charge in [-0.15, -0.1) is 0 Å². The summed E-state index contributed by atoms with van der Waals surface area (Å²) >= 11 is 0. The van der Waals surface area contributed by atoms with Crippen molar-refractivity contribution >= 4 is 17.6 Å². The predicted octanol–water partition coefficient (Wildman–Crippen LogP) is 5.70. The van der Waals surface area contributed by atoms with Gasteiger partial charge >= 0.3 is 5.97 Å². The van der Waals surface area contributed by atoms with Crippen LogP contribution in [0.25, 0.3) is 11.6 Å². The van der Waals surface area contributed by atoms with Crippen molar-refractivity contribution in [3.05, 3.63) is 70.8 Å². The molecule has 0 bridgehead atoms. The van der Waals surface area contributed by atoms with E-state index in [1.165, 1.54) is 27.8 Å². The summed E-state index contributed by atoms with van der Waals surface area (Å²) in [4.78, 5) is 11.7. The first-order valence-corrected chi connectivity index (χ1v) is 9.72. The Balaban J connectivity index is 1.57. The van der Waals surface area contributed by atoms with Gasteiger partial charge in [0.25, 0.3) is 0 Å². The summed E-state index contributed by atoms with van der Waals surface area (Å²) < 4.78 is 5.34. The van der Waals surface area contributed by atoms with Gasteiger partial charge in [-0.05, 0) is 59.9 Å². The molecule has 3 rings (SSSR count). The topological polar surface area (TPSA) is 26.3 Å². The number of allylic oxidation sites excluding steroid dienone is 1. The number of hydrogen-bond acceptors (Lipinski definition) is 2. The zero-order chi connectivity index (χ0) is 18.4. The van der Waals surface area contributed by atoms with Crippen molar-refractivity contribution in [2.24, 2.45) is 5.92 Å². The number of rotatable bonds is 7. The van der Waals surface area contributed by atoms with Crippen molar-refractivity contribution in [3.63, 3.8) is 0 Å². The molecule has 0 heterocycles. The van der Waals surface area contributed by atoms with Crippen molar-refractivity contribution in [2.75, 3.05) is 6.61 Å². The van der Waals surface area contributed by atoms with Crippen LogP contribution in [0.3, 0.4) is 0 Å². The van der Waals surface area contributed by atoms with E-state index < -0.39 is 0 Å². The minimum absolute atomic E-state index is 0.00402. The summed E-state index contributed by atoms with van der Waals surface area (Å²) in [5.41, 5.74) is 6.84. The minimum atomic E-state index is -0.0727. The van der Waals surface area contributed by atoms with E-state index in [2.05, 4.69) is 54.6 Å². The fourth-order valence-electron chi connectivity index (χ4n) is 3.34. The molecule has 1 aliphatic carbocycles. The lowest BCUT2D eigenvalue weighted by atomic mass is 9.87. The second kappa shape index (κ2) is 8.84. The molecule has 26 heavy (non-hydrogen) atoms. The molecule has 2 aromatic rings. The summed E-state index contributed by atoms with van der Waals surface area (Å²) in [6.07, 6.45) is 7.18. The van der Waals surface area contributed by atoms with Crippen molar-refractivity contribution in [1.82, 2.24) is 0 Å². The maximum Gasteiger partial charge on any atom is 0.308 e. The molecule has 2 nitrogen and oxygen atoms in total. The van der Waals surface area contributed by atoms with Crippen LogP contribution in [0, 0.1) is 5.92 Å². The van der Waals surface area contributed by atoms with Crippen molar-refractivity contribution in [2.45, 2.75) is 46.0 Å². The van der Waals surface area contributed by atoms with Gasteiger partial charge in [-0.3, -0.25) is 4.79 Å². The maximum absolute atomic E-state index is 11.7. The van der Waals surface area contributed by atoms with E-state index in [-0.39, 0.29) is 11.9 Å². The van der Waals surface area contributed by atoms with E-state index in [9.17, 15) is 4.79 Å². The number of esters is 1. The number of ether oxygens (including phenoxy) is 1. The monoisotopic (exact) mass is 348 g/mol. The van der Waals surface area contributed by atoms with Gasteiger partial charge < -0.3 is 4.74 Å². The summed E-state index contributed by atoms with van der Waals surface area (Å²) in [5, 5.41) is 0. The highest BCUT2D eigenvalue weighted by Gasteiger charge is 2.13. The highest BCUT2D eigenvalue weighted by atomic mass is 16.5. The molecule has 1 atom stereocenters. The third-order valence-electron chi connectivity index (χ3n) is 5.21. The Morgan fingerprint density at radius 3 is 2.69 bits per heavy atom. The minimum Gasteiger partial charge on any atom is -0.465 e. The standard InChI is InChI=1S/C24H28O2/c1-3-18(2)24(25)26-15-7-8-19-11-12-23-17-22(14-13-21(23)16-19)20-9-5-4-6-10-20/h4-6,9-12,16-18H,3,7-8,13-15H2,1-2H3. The average Bonchev–Trinajstić information content (AvgIpc) is 2.70. The molecular formula is C24H28O2. The Morgan fingerprint density at radius 2 is 1.92 bits per heavy atom. The Hall–Kier alpha value is -2.35. The van der Waals surface area contributed by atoms with E-state index in [4.69, 9.17) is 4.74 Å². The fraction of sp³-hybridized carbons (Fsp3) is 0.375. The number of carbonyl (C=O) groups excluding carboxylic acids is 1. The molecule has 0 fully saturated rings. The largest absolute Gasteiger partial charge is 0.465 e. The molecule has 0 N–H and O–H groups in total. The molecule has 0 aromatic heterocycles. The lowest BCUT2D eigenvalue weighted by Gasteiger charge is -2.18. The maximum atomic E-state index is 11.7. The molecule has 136 valence electrons. The van der Waals surface area contributed by atoms with E-state index in [0.29, 0.717) is 6.61 Å². The van der Waals surface area contributed by atoms with Crippen LogP contribution in [0.4, 0.5) is 0 Å². The second-order valence-electron chi connectivity index (χ2n) is 7.15. The first-order valence-electron chi connectivity index (χ1n) is 9.72. The Labute approximate surface area is 156 Å². The van der Waals surface area contributed by atoms with Crippen LogP contribution in [-0.2, 0) is 22.4 Å². The lowest BCUT2D eigenvalue weighted by Crippen LogP contribution is -2.14.